The first-order chi connectivity index (χ1) is 6.70. The highest BCUT2D eigenvalue weighted by Gasteiger charge is 2.02. The third-order valence-corrected chi connectivity index (χ3v) is 2.56. The van der Waals surface area contributed by atoms with E-state index in [1.165, 1.54) is 5.56 Å². The molecule has 1 heterocycles. The van der Waals surface area contributed by atoms with E-state index >= 15 is 0 Å². The van der Waals surface area contributed by atoms with Crippen LogP contribution in [0.25, 0.3) is 10.9 Å². The molecule has 0 aliphatic rings. The van der Waals surface area contributed by atoms with E-state index in [2.05, 4.69) is 18.0 Å². The van der Waals surface area contributed by atoms with Gasteiger partial charge in [0, 0.05) is 5.39 Å². The molecular formula is C11H11ClN2. The van der Waals surface area contributed by atoms with Gasteiger partial charge in [-0.25, -0.2) is 4.98 Å². The number of nitrogens with zero attached hydrogens (tertiary/aromatic N) is 1. The molecule has 14 heavy (non-hydrogen) atoms. The van der Waals surface area contributed by atoms with E-state index in [-0.39, 0.29) is 0 Å². The summed E-state index contributed by atoms with van der Waals surface area (Å²) in [5, 5.41) is 1.64. The number of nitrogen functional groups attached to an aromatic ring is 1. The van der Waals surface area contributed by atoms with Crippen LogP contribution < -0.4 is 5.73 Å². The largest absolute Gasteiger partial charge is 0.384 e. The number of halogens is 1. The van der Waals surface area contributed by atoms with Gasteiger partial charge >= 0.3 is 0 Å². The van der Waals surface area contributed by atoms with Gasteiger partial charge in [-0.15, -0.1) is 0 Å². The second kappa shape index (κ2) is 3.46. The molecule has 0 saturated heterocycles. The zero-order valence-electron chi connectivity index (χ0n) is 7.92. The first kappa shape index (κ1) is 9.28. The van der Waals surface area contributed by atoms with Gasteiger partial charge in [0.15, 0.2) is 0 Å². The number of benzene rings is 1. The molecule has 0 fully saturated rings. The normalized spacial score (nSPS) is 10.7. The fourth-order valence-corrected chi connectivity index (χ4v) is 1.73. The van der Waals surface area contributed by atoms with Gasteiger partial charge in [-0.2, -0.15) is 0 Å². The third kappa shape index (κ3) is 1.53. The maximum Gasteiger partial charge on any atom is 0.125 e. The van der Waals surface area contributed by atoms with Crippen molar-refractivity contribution in [2.75, 3.05) is 5.73 Å². The van der Waals surface area contributed by atoms with E-state index in [4.69, 9.17) is 17.3 Å². The van der Waals surface area contributed by atoms with Gasteiger partial charge in [0.1, 0.15) is 5.82 Å². The number of anilines is 1. The van der Waals surface area contributed by atoms with Gasteiger partial charge in [0.25, 0.3) is 0 Å². The fourth-order valence-electron chi connectivity index (χ4n) is 1.47. The van der Waals surface area contributed by atoms with Crippen LogP contribution in [0.1, 0.15) is 12.5 Å². The van der Waals surface area contributed by atoms with Gasteiger partial charge in [0.05, 0.1) is 10.5 Å². The average Bonchev–Trinajstić information content (AvgIpc) is 2.17. The first-order valence-corrected chi connectivity index (χ1v) is 4.93. The second-order valence-corrected chi connectivity index (χ2v) is 3.64. The fraction of sp³-hybridized carbons (Fsp3) is 0.182. The number of nitrogens with two attached hydrogens (primary N) is 1. The molecule has 1 aromatic carbocycles. The standard InChI is InChI=1S/C11H11ClN2/c1-2-7-3-4-10-8(5-7)9(12)6-11(13)14-10/h3-6H,2H2,1H3,(H2,13,14). The molecule has 0 unspecified atom stereocenters. The number of pyridine rings is 1. The van der Waals surface area contributed by atoms with Crippen molar-refractivity contribution in [3.8, 4) is 0 Å². The number of fused-ring (bicyclic) bond motifs is 1. The Morgan fingerprint density at radius 3 is 2.86 bits per heavy atom. The van der Waals surface area contributed by atoms with Crippen molar-refractivity contribution in [1.29, 1.82) is 0 Å². The molecule has 2 N–H and O–H groups in total. The van der Waals surface area contributed by atoms with Gasteiger partial charge in [-0.05, 0) is 30.2 Å². The Bertz CT molecular complexity index is 480. The average molecular weight is 207 g/mol. The van der Waals surface area contributed by atoms with Crippen molar-refractivity contribution in [3.63, 3.8) is 0 Å². The maximum absolute atomic E-state index is 6.07. The van der Waals surface area contributed by atoms with Crippen LogP contribution >= 0.6 is 11.6 Å². The maximum atomic E-state index is 6.07. The Hall–Kier alpha value is -1.28. The highest BCUT2D eigenvalue weighted by Crippen LogP contribution is 2.25. The molecule has 0 spiro atoms. The van der Waals surface area contributed by atoms with Crippen molar-refractivity contribution in [2.24, 2.45) is 0 Å². The third-order valence-electron chi connectivity index (χ3n) is 2.25. The molecule has 0 amide bonds. The Morgan fingerprint density at radius 1 is 1.36 bits per heavy atom. The van der Waals surface area contributed by atoms with Crippen LogP contribution in [0.5, 0.6) is 0 Å². The molecule has 0 aliphatic heterocycles. The van der Waals surface area contributed by atoms with Crippen LogP contribution in [0, 0.1) is 0 Å². The predicted octanol–water partition coefficient (Wildman–Crippen LogP) is 3.03. The zero-order chi connectivity index (χ0) is 10.1. The van der Waals surface area contributed by atoms with E-state index in [9.17, 15) is 0 Å². The number of hydrogen-bond donors (Lipinski definition) is 1. The van der Waals surface area contributed by atoms with E-state index in [1.807, 2.05) is 12.1 Å². The van der Waals surface area contributed by atoms with E-state index in [1.54, 1.807) is 6.07 Å². The lowest BCUT2D eigenvalue weighted by Crippen LogP contribution is -1.91. The number of aromatic nitrogens is 1. The Labute approximate surface area is 87.7 Å². The molecule has 0 radical (unpaired) electrons. The molecule has 2 aromatic rings. The summed E-state index contributed by atoms with van der Waals surface area (Å²) in [5.74, 6) is 0.465. The summed E-state index contributed by atoms with van der Waals surface area (Å²) in [6.07, 6.45) is 0.997. The Balaban J connectivity index is 2.75. The van der Waals surface area contributed by atoms with Crippen LogP contribution in [-0.2, 0) is 6.42 Å². The quantitative estimate of drug-likeness (QED) is 0.779. The van der Waals surface area contributed by atoms with E-state index in [0.29, 0.717) is 10.8 Å². The SMILES string of the molecule is CCc1ccc2nc(N)cc(Cl)c2c1. The van der Waals surface area contributed by atoms with Crippen LogP contribution in [-0.4, -0.2) is 4.98 Å². The Morgan fingerprint density at radius 2 is 2.14 bits per heavy atom. The number of hydrogen-bond acceptors (Lipinski definition) is 2. The minimum atomic E-state index is 0.465. The van der Waals surface area contributed by atoms with Gasteiger partial charge in [0.2, 0.25) is 0 Å². The van der Waals surface area contributed by atoms with Crippen molar-refractivity contribution in [3.05, 3.63) is 34.9 Å². The van der Waals surface area contributed by atoms with E-state index < -0.39 is 0 Å². The van der Waals surface area contributed by atoms with Crippen LogP contribution in [0.15, 0.2) is 24.3 Å². The summed E-state index contributed by atoms with van der Waals surface area (Å²) < 4.78 is 0. The van der Waals surface area contributed by atoms with Gasteiger partial charge in [-0.3, -0.25) is 0 Å². The molecule has 1 aromatic heterocycles. The van der Waals surface area contributed by atoms with E-state index in [0.717, 1.165) is 17.3 Å². The summed E-state index contributed by atoms with van der Waals surface area (Å²) >= 11 is 6.07. The van der Waals surface area contributed by atoms with Crippen molar-refractivity contribution in [1.82, 2.24) is 4.98 Å². The molecule has 0 aliphatic carbocycles. The molecule has 0 saturated carbocycles. The van der Waals surface area contributed by atoms with Crippen LogP contribution in [0.2, 0.25) is 5.02 Å². The second-order valence-electron chi connectivity index (χ2n) is 3.23. The van der Waals surface area contributed by atoms with Gasteiger partial charge < -0.3 is 5.73 Å². The molecule has 2 nitrogen and oxygen atoms in total. The first-order valence-electron chi connectivity index (χ1n) is 4.55. The number of aryl methyl sites for hydroxylation is 1. The lowest BCUT2D eigenvalue weighted by molar-refractivity contribution is 1.14. The monoisotopic (exact) mass is 206 g/mol. The summed E-state index contributed by atoms with van der Waals surface area (Å²) in [7, 11) is 0. The highest BCUT2D eigenvalue weighted by atomic mass is 35.5. The minimum Gasteiger partial charge on any atom is -0.384 e. The summed E-state index contributed by atoms with van der Waals surface area (Å²) in [4.78, 5) is 4.21. The van der Waals surface area contributed by atoms with Crippen molar-refractivity contribution < 1.29 is 0 Å². The lowest BCUT2D eigenvalue weighted by atomic mass is 10.1. The van der Waals surface area contributed by atoms with Crippen molar-refractivity contribution >= 4 is 28.3 Å². The van der Waals surface area contributed by atoms with Crippen LogP contribution in [0.4, 0.5) is 5.82 Å². The van der Waals surface area contributed by atoms with Gasteiger partial charge in [-0.1, -0.05) is 24.6 Å². The molecule has 0 atom stereocenters. The Kier molecular flexibility index (Phi) is 2.30. The summed E-state index contributed by atoms with van der Waals surface area (Å²) in [5.41, 5.74) is 7.71. The van der Waals surface area contributed by atoms with Crippen LogP contribution in [0.3, 0.4) is 0 Å². The van der Waals surface area contributed by atoms with Crippen molar-refractivity contribution in [2.45, 2.75) is 13.3 Å². The molecule has 0 bridgehead atoms. The summed E-state index contributed by atoms with van der Waals surface area (Å²) in [6, 6.07) is 7.74. The highest BCUT2D eigenvalue weighted by molar-refractivity contribution is 6.35. The zero-order valence-corrected chi connectivity index (χ0v) is 8.67. The molecular weight excluding hydrogens is 196 g/mol. The topological polar surface area (TPSA) is 38.9 Å². The number of rotatable bonds is 1. The predicted molar refractivity (Wildman–Crippen MR) is 60.5 cm³/mol. The molecule has 2 rings (SSSR count). The smallest absolute Gasteiger partial charge is 0.125 e. The minimum absolute atomic E-state index is 0.465. The summed E-state index contributed by atoms with van der Waals surface area (Å²) in [6.45, 7) is 2.11. The lowest BCUT2D eigenvalue weighted by Gasteiger charge is -2.03. The molecule has 3 heteroatoms. The molecule has 72 valence electrons.